The Morgan fingerprint density at radius 2 is 0.691 bits per heavy atom. The van der Waals surface area contributed by atoms with Crippen LogP contribution in [0.4, 0.5) is 0 Å². The first-order valence-corrected chi connectivity index (χ1v) is 30.9. The van der Waals surface area contributed by atoms with Crippen molar-refractivity contribution in [1.82, 2.24) is 5.32 Å². The predicted octanol–water partition coefficient (Wildman–Crippen LogP) is 19.2. The van der Waals surface area contributed by atoms with Gasteiger partial charge in [0.25, 0.3) is 0 Å². The molecule has 2 unspecified atom stereocenters. The summed E-state index contributed by atoms with van der Waals surface area (Å²) in [6.07, 6.45) is 69.3. The van der Waals surface area contributed by atoms with Crippen molar-refractivity contribution in [1.29, 1.82) is 0 Å². The number of ether oxygens (including phenoxy) is 1. The minimum Gasteiger partial charge on any atom is -0.466 e. The molecule has 6 nitrogen and oxygen atoms in total. The third kappa shape index (κ3) is 53.9. The smallest absolute Gasteiger partial charge is 0.305 e. The molecule has 68 heavy (non-hydrogen) atoms. The zero-order valence-corrected chi connectivity index (χ0v) is 46.1. The van der Waals surface area contributed by atoms with Crippen LogP contribution in [0.15, 0.2) is 12.2 Å². The van der Waals surface area contributed by atoms with E-state index in [9.17, 15) is 19.8 Å². The standard InChI is InChI=1S/C62H121NO5/c1-3-5-7-9-11-13-15-17-19-21-22-23-24-25-26-27-28-29-31-34-38-42-46-50-54-60(65)59(58-64)63-61(66)55-51-47-43-39-35-33-37-41-45-49-53-57-68-62(67)56-52-48-44-40-36-32-30-20-18-16-14-12-10-8-6-4-2/h20,30,59-60,64-65H,3-19,21-29,31-58H2,1-2H3,(H,63,66)/b30-20-. The maximum absolute atomic E-state index is 12.5. The summed E-state index contributed by atoms with van der Waals surface area (Å²) in [7, 11) is 0. The number of rotatable bonds is 58. The second-order valence-electron chi connectivity index (χ2n) is 21.4. The summed E-state index contributed by atoms with van der Waals surface area (Å²) in [5.74, 6) is -0.0694. The molecule has 0 rings (SSSR count). The van der Waals surface area contributed by atoms with Crippen molar-refractivity contribution in [3.05, 3.63) is 12.2 Å². The van der Waals surface area contributed by atoms with Crippen molar-refractivity contribution in [3.63, 3.8) is 0 Å². The highest BCUT2D eigenvalue weighted by molar-refractivity contribution is 5.76. The number of nitrogens with one attached hydrogen (secondary N) is 1. The van der Waals surface area contributed by atoms with Crippen molar-refractivity contribution in [2.24, 2.45) is 0 Å². The van der Waals surface area contributed by atoms with Crippen LogP contribution in [0.25, 0.3) is 0 Å². The summed E-state index contributed by atoms with van der Waals surface area (Å²) in [5, 5.41) is 23.4. The molecule has 0 heterocycles. The highest BCUT2D eigenvalue weighted by atomic mass is 16.5. The van der Waals surface area contributed by atoms with Crippen LogP contribution in [0.3, 0.4) is 0 Å². The first kappa shape index (κ1) is 66.6. The number of hydrogen-bond acceptors (Lipinski definition) is 5. The molecule has 0 aliphatic carbocycles. The normalized spacial score (nSPS) is 12.6. The molecule has 404 valence electrons. The molecule has 1 amide bonds. The number of aliphatic hydroxyl groups excluding tert-OH is 2. The Balaban J connectivity index is 3.45. The molecule has 3 N–H and O–H groups in total. The average Bonchev–Trinajstić information content (AvgIpc) is 3.34. The molecule has 0 radical (unpaired) electrons. The van der Waals surface area contributed by atoms with Gasteiger partial charge in [-0.05, 0) is 51.4 Å². The molecule has 2 atom stereocenters. The van der Waals surface area contributed by atoms with Gasteiger partial charge in [-0.2, -0.15) is 0 Å². The summed E-state index contributed by atoms with van der Waals surface area (Å²) >= 11 is 0. The van der Waals surface area contributed by atoms with E-state index in [2.05, 4.69) is 31.3 Å². The van der Waals surface area contributed by atoms with Gasteiger partial charge in [0.2, 0.25) is 5.91 Å². The number of unbranched alkanes of at least 4 members (excludes halogenated alkanes) is 45. The Morgan fingerprint density at radius 3 is 1.04 bits per heavy atom. The lowest BCUT2D eigenvalue weighted by Crippen LogP contribution is -2.45. The average molecular weight is 961 g/mol. The summed E-state index contributed by atoms with van der Waals surface area (Å²) in [4.78, 5) is 24.6. The molecule has 0 aromatic rings. The second-order valence-corrected chi connectivity index (χ2v) is 21.4. The van der Waals surface area contributed by atoms with Crippen LogP contribution < -0.4 is 5.32 Å². The van der Waals surface area contributed by atoms with Gasteiger partial charge in [-0.15, -0.1) is 0 Å². The van der Waals surface area contributed by atoms with E-state index >= 15 is 0 Å². The molecule has 0 bridgehead atoms. The molecule has 6 heteroatoms. The predicted molar refractivity (Wildman–Crippen MR) is 297 cm³/mol. The third-order valence-electron chi connectivity index (χ3n) is 14.6. The minimum atomic E-state index is -0.678. The highest BCUT2D eigenvalue weighted by Gasteiger charge is 2.20. The Labute approximate surface area is 425 Å². The Bertz CT molecular complexity index is 1020. The van der Waals surface area contributed by atoms with E-state index in [1.54, 1.807) is 0 Å². The number of allylic oxidation sites excluding steroid dienone is 2. The van der Waals surface area contributed by atoms with Crippen molar-refractivity contribution in [3.8, 4) is 0 Å². The summed E-state index contributed by atoms with van der Waals surface area (Å²) < 4.78 is 5.47. The molecule has 0 spiro atoms. The van der Waals surface area contributed by atoms with Crippen LogP contribution in [0.2, 0.25) is 0 Å². The van der Waals surface area contributed by atoms with Crippen LogP contribution in [-0.2, 0) is 14.3 Å². The zero-order chi connectivity index (χ0) is 49.3. The quantitative estimate of drug-likeness (QED) is 0.0321. The van der Waals surface area contributed by atoms with E-state index in [1.165, 1.54) is 257 Å². The molecule has 0 aliphatic heterocycles. The molecule has 0 aliphatic rings. The van der Waals surface area contributed by atoms with E-state index in [0.717, 1.165) is 57.8 Å². The molecular formula is C62H121NO5. The lowest BCUT2D eigenvalue weighted by atomic mass is 10.0. The largest absolute Gasteiger partial charge is 0.466 e. The van der Waals surface area contributed by atoms with Crippen molar-refractivity contribution in [2.75, 3.05) is 13.2 Å². The van der Waals surface area contributed by atoms with Crippen LogP contribution in [0.5, 0.6) is 0 Å². The van der Waals surface area contributed by atoms with Gasteiger partial charge in [-0.25, -0.2) is 0 Å². The van der Waals surface area contributed by atoms with Gasteiger partial charge in [0.1, 0.15) is 0 Å². The lowest BCUT2D eigenvalue weighted by molar-refractivity contribution is -0.143. The van der Waals surface area contributed by atoms with Crippen LogP contribution >= 0.6 is 0 Å². The van der Waals surface area contributed by atoms with Gasteiger partial charge in [-0.3, -0.25) is 9.59 Å². The fourth-order valence-electron chi connectivity index (χ4n) is 9.81. The van der Waals surface area contributed by atoms with Crippen LogP contribution in [0, 0.1) is 0 Å². The first-order valence-electron chi connectivity index (χ1n) is 30.9. The monoisotopic (exact) mass is 960 g/mol. The highest BCUT2D eigenvalue weighted by Crippen LogP contribution is 2.18. The number of hydrogen-bond donors (Lipinski definition) is 3. The van der Waals surface area contributed by atoms with E-state index < -0.39 is 12.1 Å². The van der Waals surface area contributed by atoms with Crippen molar-refractivity contribution in [2.45, 2.75) is 360 Å². The lowest BCUT2D eigenvalue weighted by Gasteiger charge is -2.22. The number of amides is 1. The third-order valence-corrected chi connectivity index (χ3v) is 14.6. The van der Waals surface area contributed by atoms with E-state index in [-0.39, 0.29) is 18.5 Å². The van der Waals surface area contributed by atoms with Gasteiger partial charge in [0.05, 0.1) is 25.4 Å². The minimum absolute atomic E-state index is 0.0195. The maximum atomic E-state index is 12.5. The second kappa shape index (κ2) is 58.2. The first-order chi connectivity index (χ1) is 33.5. The summed E-state index contributed by atoms with van der Waals surface area (Å²) in [6, 6.07) is -0.557. The van der Waals surface area contributed by atoms with Gasteiger partial charge >= 0.3 is 5.97 Å². The molecule has 0 saturated heterocycles. The van der Waals surface area contributed by atoms with Gasteiger partial charge < -0.3 is 20.3 Å². The van der Waals surface area contributed by atoms with E-state index in [1.807, 2.05) is 0 Å². The molecule has 0 saturated carbocycles. The number of carbonyl (C=O) groups is 2. The zero-order valence-electron chi connectivity index (χ0n) is 46.1. The maximum Gasteiger partial charge on any atom is 0.305 e. The Kier molecular flexibility index (Phi) is 57.0. The Hall–Kier alpha value is -1.40. The fourth-order valence-corrected chi connectivity index (χ4v) is 9.81. The van der Waals surface area contributed by atoms with Crippen LogP contribution in [-0.4, -0.2) is 47.4 Å². The van der Waals surface area contributed by atoms with Gasteiger partial charge in [0, 0.05) is 12.8 Å². The van der Waals surface area contributed by atoms with Crippen molar-refractivity contribution >= 4 is 11.9 Å². The SMILES string of the molecule is CCCCCCCCC/C=C\CCCCCCCC(=O)OCCCCCCCCCCCCCC(=O)NC(CO)C(O)CCCCCCCCCCCCCCCCCCCCCCCCCC. The molecular weight excluding hydrogens is 839 g/mol. The number of carbonyl (C=O) groups excluding carboxylic acids is 2. The van der Waals surface area contributed by atoms with E-state index in [4.69, 9.17) is 4.74 Å². The van der Waals surface area contributed by atoms with Gasteiger partial charge in [-0.1, -0.05) is 296 Å². The summed E-state index contributed by atoms with van der Waals surface area (Å²) in [5.41, 5.74) is 0. The molecule has 0 aromatic heterocycles. The number of aliphatic hydroxyl groups is 2. The molecule has 0 aromatic carbocycles. The fraction of sp³-hybridized carbons (Fsp3) is 0.935. The summed E-state index contributed by atoms with van der Waals surface area (Å²) in [6.45, 7) is 4.94. The Morgan fingerprint density at radius 1 is 0.397 bits per heavy atom. The number of esters is 1. The molecule has 0 fully saturated rings. The van der Waals surface area contributed by atoms with Gasteiger partial charge in [0.15, 0.2) is 0 Å². The van der Waals surface area contributed by atoms with Crippen LogP contribution in [0.1, 0.15) is 348 Å². The van der Waals surface area contributed by atoms with Crippen molar-refractivity contribution < 1.29 is 24.5 Å². The van der Waals surface area contributed by atoms with E-state index in [0.29, 0.717) is 25.9 Å². The topological polar surface area (TPSA) is 95.9 Å².